The highest BCUT2D eigenvalue weighted by Gasteiger charge is 2.08. The van der Waals surface area contributed by atoms with Crippen LogP contribution in [0.4, 0.5) is 0 Å². The summed E-state index contributed by atoms with van der Waals surface area (Å²) in [5.74, 6) is 0.945. The highest BCUT2D eigenvalue weighted by Crippen LogP contribution is 2.26. The van der Waals surface area contributed by atoms with Gasteiger partial charge in [0.1, 0.15) is 0 Å². The molecule has 0 spiro atoms. The summed E-state index contributed by atoms with van der Waals surface area (Å²) in [6, 6.07) is 12.5. The Hall–Kier alpha value is -1.81. The van der Waals surface area contributed by atoms with Gasteiger partial charge in [0.25, 0.3) is 5.71 Å². The number of hydrogen-bond donors (Lipinski definition) is 0. The van der Waals surface area contributed by atoms with Crippen molar-refractivity contribution in [2.45, 2.75) is 24.0 Å². The monoisotopic (exact) mass is 270 g/mol. The number of benzene rings is 1. The molecule has 2 aromatic heterocycles. The number of fused-ring (bicyclic) bond motifs is 1. The van der Waals surface area contributed by atoms with Crippen LogP contribution in [0.25, 0.3) is 11.1 Å². The molecule has 0 saturated carbocycles. The van der Waals surface area contributed by atoms with E-state index in [-0.39, 0.29) is 0 Å². The molecule has 0 unspecified atom stereocenters. The highest BCUT2D eigenvalue weighted by atomic mass is 32.2. The van der Waals surface area contributed by atoms with Gasteiger partial charge in [0.15, 0.2) is 0 Å². The summed E-state index contributed by atoms with van der Waals surface area (Å²) in [5, 5.41) is 5.05. The Morgan fingerprint density at radius 1 is 1.21 bits per heavy atom. The molecule has 96 valence electrons. The normalized spacial score (nSPS) is 11.0. The summed E-state index contributed by atoms with van der Waals surface area (Å²) in [6.45, 7) is 2.07. The van der Waals surface area contributed by atoms with E-state index in [1.165, 1.54) is 5.56 Å². The van der Waals surface area contributed by atoms with Crippen LogP contribution in [-0.4, -0.2) is 10.1 Å². The Bertz CT molecular complexity index is 679. The molecule has 0 fully saturated rings. The topological polar surface area (TPSA) is 38.9 Å². The van der Waals surface area contributed by atoms with E-state index in [1.54, 1.807) is 11.8 Å². The minimum absolute atomic E-state index is 0.626. The van der Waals surface area contributed by atoms with Crippen LogP contribution in [0.15, 0.2) is 52.0 Å². The predicted octanol–water partition coefficient (Wildman–Crippen LogP) is 4.08. The Morgan fingerprint density at radius 2 is 2.05 bits per heavy atom. The Balaban J connectivity index is 1.81. The molecule has 0 aliphatic rings. The molecule has 0 aliphatic carbocycles. The maximum atomic E-state index is 5.19. The zero-order chi connectivity index (χ0) is 13.1. The molecule has 0 bridgehead atoms. The highest BCUT2D eigenvalue weighted by molar-refractivity contribution is 7.98. The number of nitrogens with zero attached hydrogens (tertiary/aromatic N) is 2. The lowest BCUT2D eigenvalue weighted by Crippen LogP contribution is -1.83. The molecule has 0 radical (unpaired) electrons. The van der Waals surface area contributed by atoms with E-state index in [9.17, 15) is 0 Å². The Morgan fingerprint density at radius 3 is 2.84 bits per heavy atom. The van der Waals surface area contributed by atoms with Crippen molar-refractivity contribution < 1.29 is 4.52 Å². The van der Waals surface area contributed by atoms with Crippen molar-refractivity contribution >= 4 is 22.9 Å². The van der Waals surface area contributed by atoms with Crippen LogP contribution in [0.3, 0.4) is 0 Å². The minimum atomic E-state index is 0.626. The van der Waals surface area contributed by atoms with Gasteiger partial charge in [0, 0.05) is 16.8 Å². The second kappa shape index (κ2) is 5.45. The van der Waals surface area contributed by atoms with Crippen LogP contribution in [0, 0.1) is 0 Å². The lowest BCUT2D eigenvalue weighted by molar-refractivity contribution is 0.439. The van der Waals surface area contributed by atoms with E-state index >= 15 is 0 Å². The summed E-state index contributed by atoms with van der Waals surface area (Å²) in [4.78, 5) is 5.46. The van der Waals surface area contributed by atoms with Gasteiger partial charge >= 0.3 is 0 Å². The van der Waals surface area contributed by atoms with E-state index < -0.39 is 0 Å². The molecular weight excluding hydrogens is 256 g/mol. The summed E-state index contributed by atoms with van der Waals surface area (Å²) < 4.78 is 5.19. The molecule has 3 aromatic rings. The van der Waals surface area contributed by atoms with Crippen molar-refractivity contribution in [1.82, 2.24) is 10.1 Å². The Kier molecular flexibility index (Phi) is 3.51. The number of thioether (sulfide) groups is 1. The first kappa shape index (κ1) is 12.2. The molecule has 1 aromatic carbocycles. The number of aromatic nitrogens is 2. The first-order chi connectivity index (χ1) is 9.36. The third-order valence-electron chi connectivity index (χ3n) is 2.96. The van der Waals surface area contributed by atoms with Gasteiger partial charge in [-0.15, -0.1) is 11.8 Å². The largest absolute Gasteiger partial charge is 0.336 e. The van der Waals surface area contributed by atoms with Crippen LogP contribution < -0.4 is 0 Å². The average Bonchev–Trinajstić information content (AvgIpc) is 2.88. The van der Waals surface area contributed by atoms with Crippen LogP contribution in [0.5, 0.6) is 0 Å². The fraction of sp³-hybridized carbons (Fsp3) is 0.200. The van der Waals surface area contributed by atoms with E-state index in [2.05, 4.69) is 47.4 Å². The van der Waals surface area contributed by atoms with Gasteiger partial charge in [-0.2, -0.15) is 0 Å². The van der Waals surface area contributed by atoms with Crippen molar-refractivity contribution in [3.63, 3.8) is 0 Å². The molecule has 0 saturated heterocycles. The minimum Gasteiger partial charge on any atom is -0.336 e. The molecule has 2 heterocycles. The number of hydrogen-bond acceptors (Lipinski definition) is 4. The first-order valence-corrected chi connectivity index (χ1v) is 7.26. The van der Waals surface area contributed by atoms with Crippen LogP contribution in [0.1, 0.15) is 18.2 Å². The second-order valence-corrected chi connectivity index (χ2v) is 5.33. The zero-order valence-electron chi connectivity index (χ0n) is 10.7. The summed E-state index contributed by atoms with van der Waals surface area (Å²) in [6.07, 6.45) is 2.71. The molecular formula is C15H14N2OS. The van der Waals surface area contributed by atoms with Gasteiger partial charge in [0.05, 0.1) is 11.1 Å². The fourth-order valence-corrected chi connectivity index (χ4v) is 2.79. The molecule has 19 heavy (non-hydrogen) atoms. The predicted molar refractivity (Wildman–Crippen MR) is 77.2 cm³/mol. The summed E-state index contributed by atoms with van der Waals surface area (Å²) in [7, 11) is 0. The van der Waals surface area contributed by atoms with Crippen molar-refractivity contribution in [3.05, 3.63) is 53.9 Å². The van der Waals surface area contributed by atoms with Crippen molar-refractivity contribution in [3.8, 4) is 0 Å². The molecule has 4 heteroatoms. The van der Waals surface area contributed by atoms with Gasteiger partial charge in [-0.05, 0) is 18.1 Å². The standard InChI is InChI=1S/C15H14N2OS/c1-2-14-13-8-12(9-16-15(13)18-17-14)19-10-11-6-4-3-5-7-11/h3-9H,2,10H2,1H3. The van der Waals surface area contributed by atoms with Crippen molar-refractivity contribution in [1.29, 1.82) is 0 Å². The van der Waals surface area contributed by atoms with Gasteiger partial charge in [-0.1, -0.05) is 42.4 Å². The van der Waals surface area contributed by atoms with Crippen molar-refractivity contribution in [2.75, 3.05) is 0 Å². The van der Waals surface area contributed by atoms with E-state index in [0.29, 0.717) is 5.71 Å². The van der Waals surface area contributed by atoms with Gasteiger partial charge < -0.3 is 4.52 Å². The first-order valence-electron chi connectivity index (χ1n) is 6.28. The number of rotatable bonds is 4. The van der Waals surface area contributed by atoms with Crippen LogP contribution in [-0.2, 0) is 12.2 Å². The lowest BCUT2D eigenvalue weighted by Gasteiger charge is -2.01. The third-order valence-corrected chi connectivity index (χ3v) is 4.00. The maximum absolute atomic E-state index is 5.19. The van der Waals surface area contributed by atoms with Crippen molar-refractivity contribution in [2.24, 2.45) is 0 Å². The average molecular weight is 270 g/mol. The quantitative estimate of drug-likeness (QED) is 0.670. The van der Waals surface area contributed by atoms with Gasteiger partial charge in [0.2, 0.25) is 0 Å². The second-order valence-electron chi connectivity index (χ2n) is 4.28. The molecule has 3 nitrogen and oxygen atoms in total. The molecule has 0 N–H and O–H groups in total. The SMILES string of the molecule is CCc1noc2ncc(SCc3ccccc3)cc12. The lowest BCUT2D eigenvalue weighted by atomic mass is 10.2. The summed E-state index contributed by atoms with van der Waals surface area (Å²) >= 11 is 1.78. The fourth-order valence-electron chi connectivity index (χ4n) is 1.93. The van der Waals surface area contributed by atoms with Crippen LogP contribution >= 0.6 is 11.8 Å². The molecule has 3 rings (SSSR count). The van der Waals surface area contributed by atoms with Crippen LogP contribution in [0.2, 0.25) is 0 Å². The molecule has 0 amide bonds. The number of aryl methyl sites for hydroxylation is 1. The molecule has 0 aliphatic heterocycles. The summed E-state index contributed by atoms with van der Waals surface area (Å²) in [5.41, 5.74) is 2.92. The van der Waals surface area contributed by atoms with E-state index in [0.717, 1.165) is 28.1 Å². The van der Waals surface area contributed by atoms with Gasteiger partial charge in [-0.3, -0.25) is 0 Å². The molecule has 0 atom stereocenters. The Labute approximate surface area is 116 Å². The maximum Gasteiger partial charge on any atom is 0.257 e. The number of pyridine rings is 1. The zero-order valence-corrected chi connectivity index (χ0v) is 11.5. The van der Waals surface area contributed by atoms with E-state index in [1.807, 2.05) is 12.3 Å². The van der Waals surface area contributed by atoms with Gasteiger partial charge in [-0.25, -0.2) is 4.98 Å². The smallest absolute Gasteiger partial charge is 0.257 e. The third kappa shape index (κ3) is 2.63. The van der Waals surface area contributed by atoms with E-state index in [4.69, 9.17) is 4.52 Å².